The largest absolute Gasteiger partial charge is 0.416 e. The number of aromatic amines is 1. The average molecular weight is 409 g/mol. The second-order valence-electron chi connectivity index (χ2n) is 7.98. The van der Waals surface area contributed by atoms with Crippen LogP contribution in [0.3, 0.4) is 0 Å². The maximum atomic E-state index is 14.1. The fourth-order valence-corrected chi connectivity index (χ4v) is 4.32. The summed E-state index contributed by atoms with van der Waals surface area (Å²) in [4.78, 5) is 22.0. The van der Waals surface area contributed by atoms with Crippen molar-refractivity contribution in [1.82, 2.24) is 14.9 Å². The van der Waals surface area contributed by atoms with Gasteiger partial charge in [0, 0.05) is 37.5 Å². The van der Waals surface area contributed by atoms with Gasteiger partial charge in [0.15, 0.2) is 0 Å². The Balaban J connectivity index is 1.53. The van der Waals surface area contributed by atoms with Gasteiger partial charge in [-0.3, -0.25) is 9.69 Å². The molecule has 2 aromatic rings. The molecule has 1 saturated carbocycles. The highest BCUT2D eigenvalue weighted by Crippen LogP contribution is 2.32. The van der Waals surface area contributed by atoms with E-state index >= 15 is 0 Å². The number of nitrogens with one attached hydrogen (secondary N) is 1. The average Bonchev–Trinajstić information content (AvgIpc) is 2.70. The molecule has 0 saturated heterocycles. The summed E-state index contributed by atoms with van der Waals surface area (Å²) in [7, 11) is 0. The fourth-order valence-electron chi connectivity index (χ4n) is 4.32. The summed E-state index contributed by atoms with van der Waals surface area (Å²) in [6.07, 6.45) is 1.56. The number of alkyl halides is 3. The van der Waals surface area contributed by atoms with Crippen LogP contribution in [0.1, 0.15) is 66.2 Å². The van der Waals surface area contributed by atoms with Crippen molar-refractivity contribution in [2.45, 2.75) is 63.7 Å². The molecule has 2 heterocycles. The molecule has 4 rings (SSSR count). The van der Waals surface area contributed by atoms with Crippen molar-refractivity contribution >= 4 is 0 Å². The number of hydrogen-bond acceptors (Lipinski definition) is 3. The van der Waals surface area contributed by atoms with Crippen molar-refractivity contribution in [2.24, 2.45) is 0 Å². The summed E-state index contributed by atoms with van der Waals surface area (Å²) >= 11 is 0. The second kappa shape index (κ2) is 7.89. The topological polar surface area (TPSA) is 49.0 Å². The first-order valence-electron chi connectivity index (χ1n) is 10.0. The van der Waals surface area contributed by atoms with E-state index in [4.69, 9.17) is 4.98 Å². The van der Waals surface area contributed by atoms with Gasteiger partial charge in [0.25, 0.3) is 5.56 Å². The monoisotopic (exact) mass is 409 g/mol. The van der Waals surface area contributed by atoms with Crippen molar-refractivity contribution in [1.29, 1.82) is 0 Å². The molecular weight excluding hydrogens is 386 g/mol. The Morgan fingerprint density at radius 2 is 1.93 bits per heavy atom. The van der Waals surface area contributed by atoms with Gasteiger partial charge in [0.1, 0.15) is 11.6 Å². The first kappa shape index (κ1) is 20.1. The third-order valence-electron chi connectivity index (χ3n) is 5.92. The first-order valence-corrected chi connectivity index (χ1v) is 10.0. The zero-order chi connectivity index (χ0) is 20.6. The number of fused-ring (bicyclic) bond motifs is 1. The van der Waals surface area contributed by atoms with E-state index in [9.17, 15) is 22.4 Å². The lowest BCUT2D eigenvalue weighted by atomic mass is 9.88. The molecule has 29 heavy (non-hydrogen) atoms. The molecule has 1 aliphatic carbocycles. The van der Waals surface area contributed by atoms with Gasteiger partial charge in [-0.25, -0.2) is 9.37 Å². The number of H-pyrrole nitrogens is 1. The molecule has 1 aromatic carbocycles. The second-order valence-corrected chi connectivity index (χ2v) is 7.98. The van der Waals surface area contributed by atoms with Crippen molar-refractivity contribution in [3.8, 4) is 0 Å². The van der Waals surface area contributed by atoms with Crippen LogP contribution in [0, 0.1) is 5.82 Å². The number of aromatic nitrogens is 2. The Labute approximate surface area is 166 Å². The minimum absolute atomic E-state index is 0.0129. The van der Waals surface area contributed by atoms with E-state index in [2.05, 4.69) is 4.98 Å². The van der Waals surface area contributed by atoms with E-state index < -0.39 is 17.6 Å². The van der Waals surface area contributed by atoms with Gasteiger partial charge in [-0.2, -0.15) is 13.2 Å². The molecule has 0 bridgehead atoms. The third kappa shape index (κ3) is 4.37. The van der Waals surface area contributed by atoms with Gasteiger partial charge >= 0.3 is 6.18 Å². The Morgan fingerprint density at radius 3 is 2.66 bits per heavy atom. The van der Waals surface area contributed by atoms with E-state index in [0.29, 0.717) is 24.4 Å². The maximum Gasteiger partial charge on any atom is 0.416 e. The lowest BCUT2D eigenvalue weighted by molar-refractivity contribution is -0.137. The Hall–Kier alpha value is -2.22. The van der Waals surface area contributed by atoms with Gasteiger partial charge in [-0.1, -0.05) is 19.3 Å². The summed E-state index contributed by atoms with van der Waals surface area (Å²) in [5.41, 5.74) is 0.206. The van der Waals surface area contributed by atoms with E-state index in [1.807, 2.05) is 0 Å². The minimum atomic E-state index is -4.52. The van der Waals surface area contributed by atoms with E-state index in [-0.39, 0.29) is 24.2 Å². The van der Waals surface area contributed by atoms with E-state index in [1.54, 1.807) is 4.90 Å². The smallest absolute Gasteiger partial charge is 0.310 e. The minimum Gasteiger partial charge on any atom is -0.310 e. The molecule has 8 heteroatoms. The molecule has 1 N–H and O–H groups in total. The van der Waals surface area contributed by atoms with Gasteiger partial charge in [0.2, 0.25) is 0 Å². The molecule has 156 valence electrons. The van der Waals surface area contributed by atoms with Crippen LogP contribution in [-0.4, -0.2) is 21.4 Å². The van der Waals surface area contributed by atoms with Gasteiger partial charge in [-0.15, -0.1) is 0 Å². The highest BCUT2D eigenvalue weighted by atomic mass is 19.4. The molecule has 1 aliphatic heterocycles. The predicted molar refractivity (Wildman–Crippen MR) is 99.9 cm³/mol. The van der Waals surface area contributed by atoms with Gasteiger partial charge in [0.05, 0.1) is 16.8 Å². The molecule has 1 aromatic heterocycles. The molecule has 0 radical (unpaired) electrons. The number of halogens is 4. The lowest BCUT2D eigenvalue weighted by Gasteiger charge is -2.29. The van der Waals surface area contributed by atoms with Crippen LogP contribution in [0.5, 0.6) is 0 Å². The maximum absolute atomic E-state index is 14.1. The van der Waals surface area contributed by atoms with Crippen LogP contribution < -0.4 is 5.56 Å². The normalized spacial score (nSPS) is 18.6. The lowest BCUT2D eigenvalue weighted by Crippen LogP contribution is -2.36. The van der Waals surface area contributed by atoms with Crippen LogP contribution in [-0.2, 0) is 25.7 Å². The SMILES string of the molecule is O=c1[nH]c(C2CCCCC2)nc2c1CN(Cc1cc(C(F)(F)F)ccc1F)CC2. The Bertz CT molecular complexity index is 948. The van der Waals surface area contributed by atoms with Crippen LogP contribution in [0.15, 0.2) is 23.0 Å². The zero-order valence-electron chi connectivity index (χ0n) is 16.0. The molecule has 0 unspecified atom stereocenters. The number of benzene rings is 1. The number of hydrogen-bond donors (Lipinski definition) is 1. The van der Waals surface area contributed by atoms with Gasteiger partial charge < -0.3 is 4.98 Å². The number of rotatable bonds is 3. The van der Waals surface area contributed by atoms with Gasteiger partial charge in [-0.05, 0) is 31.0 Å². The van der Waals surface area contributed by atoms with E-state index in [1.165, 1.54) is 6.42 Å². The molecule has 4 nitrogen and oxygen atoms in total. The molecule has 0 spiro atoms. The van der Waals surface area contributed by atoms with Crippen molar-refractivity contribution in [3.63, 3.8) is 0 Å². The third-order valence-corrected chi connectivity index (χ3v) is 5.92. The van der Waals surface area contributed by atoms with E-state index in [0.717, 1.165) is 55.4 Å². The van der Waals surface area contributed by atoms with Crippen molar-refractivity contribution in [3.05, 3.63) is 62.6 Å². The van der Waals surface area contributed by atoms with Crippen LogP contribution in [0.4, 0.5) is 17.6 Å². The Kier molecular flexibility index (Phi) is 5.46. The highest BCUT2D eigenvalue weighted by molar-refractivity contribution is 5.28. The van der Waals surface area contributed by atoms with Crippen LogP contribution in [0.2, 0.25) is 0 Å². The molecule has 0 atom stereocenters. The van der Waals surface area contributed by atoms with Crippen LogP contribution in [0.25, 0.3) is 0 Å². The van der Waals surface area contributed by atoms with Crippen molar-refractivity contribution < 1.29 is 17.6 Å². The quantitative estimate of drug-likeness (QED) is 0.758. The molecule has 1 fully saturated rings. The van der Waals surface area contributed by atoms with Crippen LogP contribution >= 0.6 is 0 Å². The zero-order valence-corrected chi connectivity index (χ0v) is 16.0. The van der Waals surface area contributed by atoms with Crippen molar-refractivity contribution in [2.75, 3.05) is 6.54 Å². The predicted octanol–water partition coefficient (Wildman–Crippen LogP) is 4.53. The summed E-state index contributed by atoms with van der Waals surface area (Å²) < 4.78 is 52.9. The Morgan fingerprint density at radius 1 is 1.17 bits per heavy atom. The summed E-state index contributed by atoms with van der Waals surface area (Å²) in [5, 5.41) is 0. The summed E-state index contributed by atoms with van der Waals surface area (Å²) in [6.45, 7) is 0.778. The number of nitrogens with zero attached hydrogens (tertiary/aromatic N) is 2. The fraction of sp³-hybridized carbons (Fsp3) is 0.524. The highest BCUT2D eigenvalue weighted by Gasteiger charge is 2.31. The summed E-state index contributed by atoms with van der Waals surface area (Å²) in [5.74, 6) is 0.369. The standard InChI is InChI=1S/C21H23F4N3O/c22-17-7-6-15(21(23,24)25)10-14(17)11-28-9-8-18-16(12-28)20(29)27-19(26-18)13-4-2-1-3-5-13/h6-7,10,13H,1-5,8-9,11-12H2,(H,26,27,29). The molecule has 2 aliphatic rings. The first-order chi connectivity index (χ1) is 13.8. The molecule has 0 amide bonds. The molecular formula is C21H23F4N3O. The summed E-state index contributed by atoms with van der Waals surface area (Å²) in [6, 6.07) is 2.44.